The molecule has 0 aromatic heterocycles. The van der Waals surface area contributed by atoms with Crippen molar-refractivity contribution in [3.63, 3.8) is 0 Å². The number of benzene rings is 3. The van der Waals surface area contributed by atoms with Gasteiger partial charge in [0, 0.05) is 6.42 Å². The van der Waals surface area contributed by atoms with Crippen LogP contribution in [0.15, 0.2) is 91.0 Å². The van der Waals surface area contributed by atoms with Gasteiger partial charge in [-0.25, -0.2) is 14.4 Å². The molecule has 3 atom stereocenters. The van der Waals surface area contributed by atoms with Gasteiger partial charge in [-0.2, -0.15) is 0 Å². The number of hydrogen-bond acceptors (Lipinski definition) is 10. The van der Waals surface area contributed by atoms with Gasteiger partial charge in [-0.3, -0.25) is 9.59 Å². The van der Waals surface area contributed by atoms with Crippen LogP contribution >= 0.6 is 0 Å². The molecule has 4 N–H and O–H groups in total. The van der Waals surface area contributed by atoms with Crippen molar-refractivity contribution in [3.05, 3.63) is 108 Å². The summed E-state index contributed by atoms with van der Waals surface area (Å²) in [5.41, 5.74) is 7.50. The van der Waals surface area contributed by atoms with Crippen LogP contribution in [0.5, 0.6) is 0 Å². The molecule has 3 aromatic rings. The summed E-state index contributed by atoms with van der Waals surface area (Å²) in [5.74, 6) is -2.54. The molecule has 12 heteroatoms. The molecule has 0 saturated carbocycles. The van der Waals surface area contributed by atoms with Crippen LogP contribution in [0, 0.1) is 0 Å². The van der Waals surface area contributed by atoms with Crippen LogP contribution < -0.4 is 16.4 Å². The van der Waals surface area contributed by atoms with Crippen molar-refractivity contribution < 1.29 is 42.9 Å². The van der Waals surface area contributed by atoms with Gasteiger partial charge >= 0.3 is 24.0 Å². The molecule has 0 aliphatic heterocycles. The number of rotatable bonds is 18. The van der Waals surface area contributed by atoms with Gasteiger partial charge in [-0.05, 0) is 63.1 Å². The normalized spacial score (nSPS) is 12.8. The average molecular weight is 690 g/mol. The van der Waals surface area contributed by atoms with Crippen LogP contribution in [-0.2, 0) is 57.9 Å². The predicted molar refractivity (Wildman–Crippen MR) is 185 cm³/mol. The summed E-state index contributed by atoms with van der Waals surface area (Å²) in [5, 5.41) is 5.24. The lowest BCUT2D eigenvalue weighted by atomic mass is 10.0. The molecule has 0 radical (unpaired) electrons. The van der Waals surface area contributed by atoms with Gasteiger partial charge in [-0.1, -0.05) is 91.0 Å². The van der Waals surface area contributed by atoms with E-state index in [4.69, 9.17) is 24.7 Å². The fourth-order valence-corrected chi connectivity index (χ4v) is 4.64. The lowest BCUT2D eigenvalue weighted by Gasteiger charge is -2.23. The highest BCUT2D eigenvalue weighted by atomic mass is 16.6. The van der Waals surface area contributed by atoms with E-state index >= 15 is 0 Å². The van der Waals surface area contributed by atoms with Gasteiger partial charge in [0.1, 0.15) is 43.5 Å². The van der Waals surface area contributed by atoms with E-state index < -0.39 is 53.6 Å². The average Bonchev–Trinajstić information content (AvgIpc) is 3.10. The van der Waals surface area contributed by atoms with Crippen LogP contribution in [0.3, 0.4) is 0 Å². The largest absolute Gasteiger partial charge is 0.460 e. The molecule has 50 heavy (non-hydrogen) atoms. The molecule has 0 aliphatic carbocycles. The van der Waals surface area contributed by atoms with Gasteiger partial charge in [0.25, 0.3) is 0 Å². The second kappa shape index (κ2) is 20.3. The highest BCUT2D eigenvalue weighted by Gasteiger charge is 2.28. The van der Waals surface area contributed by atoms with Crippen molar-refractivity contribution in [1.29, 1.82) is 0 Å². The minimum atomic E-state index is -1.09. The first-order valence-electron chi connectivity index (χ1n) is 16.6. The van der Waals surface area contributed by atoms with Crippen LogP contribution in [0.2, 0.25) is 0 Å². The van der Waals surface area contributed by atoms with Crippen LogP contribution in [-0.4, -0.2) is 53.6 Å². The van der Waals surface area contributed by atoms with E-state index in [2.05, 4.69) is 10.6 Å². The van der Waals surface area contributed by atoms with E-state index in [1.807, 2.05) is 66.7 Å². The van der Waals surface area contributed by atoms with Gasteiger partial charge in [0.15, 0.2) is 0 Å². The second-order valence-corrected chi connectivity index (χ2v) is 12.7. The van der Waals surface area contributed by atoms with E-state index in [9.17, 15) is 24.0 Å². The topological polar surface area (TPSA) is 172 Å². The van der Waals surface area contributed by atoms with Crippen LogP contribution in [0.1, 0.15) is 69.6 Å². The minimum absolute atomic E-state index is 0.00139. The molecule has 268 valence electrons. The van der Waals surface area contributed by atoms with Crippen LogP contribution in [0.4, 0.5) is 4.79 Å². The van der Waals surface area contributed by atoms with Crippen molar-refractivity contribution in [3.8, 4) is 0 Å². The van der Waals surface area contributed by atoms with E-state index in [-0.39, 0.29) is 51.9 Å². The summed E-state index contributed by atoms with van der Waals surface area (Å²) < 4.78 is 21.6. The zero-order valence-electron chi connectivity index (χ0n) is 28.8. The van der Waals surface area contributed by atoms with E-state index in [0.717, 1.165) is 16.7 Å². The summed E-state index contributed by atoms with van der Waals surface area (Å²) in [7, 11) is 0. The Kier molecular flexibility index (Phi) is 15.9. The number of hydrogen-bond donors (Lipinski definition) is 3. The molecule has 0 heterocycles. The molecular weight excluding hydrogens is 642 g/mol. The molecule has 0 spiro atoms. The number of ether oxygens (including phenoxy) is 4. The first-order valence-corrected chi connectivity index (χ1v) is 16.6. The third-order valence-corrected chi connectivity index (χ3v) is 7.24. The molecule has 3 aromatic carbocycles. The third kappa shape index (κ3) is 15.3. The third-order valence-electron chi connectivity index (χ3n) is 7.24. The Bertz CT molecular complexity index is 1510. The molecule has 3 rings (SSSR count). The van der Waals surface area contributed by atoms with Gasteiger partial charge in [-0.15, -0.1) is 0 Å². The maximum absolute atomic E-state index is 13.2. The smallest absolute Gasteiger partial charge is 0.408 e. The van der Waals surface area contributed by atoms with Crippen molar-refractivity contribution in [2.75, 3.05) is 0 Å². The lowest BCUT2D eigenvalue weighted by molar-refractivity contribution is -0.150. The Hall–Kier alpha value is -5.23. The molecule has 0 bridgehead atoms. The maximum atomic E-state index is 13.2. The summed E-state index contributed by atoms with van der Waals surface area (Å²) in [6, 6.07) is 24.0. The zero-order valence-corrected chi connectivity index (χ0v) is 28.8. The van der Waals surface area contributed by atoms with Gasteiger partial charge in [0.2, 0.25) is 5.91 Å². The number of amides is 2. The first kappa shape index (κ1) is 39.2. The molecule has 2 unspecified atom stereocenters. The Labute approximate surface area is 293 Å². The molecule has 12 nitrogen and oxygen atoms in total. The van der Waals surface area contributed by atoms with Crippen molar-refractivity contribution in [2.24, 2.45) is 5.73 Å². The Morgan fingerprint density at radius 2 is 1.00 bits per heavy atom. The SMILES string of the molecule is CC(C)(C)OC(=O)NC(CCCC(NC(=O)CC[C@@H](N)C(=O)OCc1ccccc1)C(=O)OCc1ccccc1)C(=O)OCc1ccccc1. The van der Waals surface area contributed by atoms with Crippen molar-refractivity contribution >= 4 is 29.9 Å². The number of carbonyl (C=O) groups is 5. The van der Waals surface area contributed by atoms with Crippen LogP contribution in [0.25, 0.3) is 0 Å². The molecule has 0 aliphatic rings. The standard InChI is InChI=1S/C38H47N3O9/c1-38(2,3)50-37(46)41-32(36(45)49-26-29-18-11-6-12-19-29)21-13-20-31(35(44)48-25-28-16-9-5-10-17-28)40-33(42)23-22-30(39)34(43)47-24-27-14-7-4-8-15-27/h4-12,14-19,30-32H,13,20-26,39H2,1-3H3,(H,40,42)(H,41,46)/t30-,31?,32?/m1/s1. The summed E-state index contributed by atoms with van der Waals surface area (Å²) in [6.45, 7) is 5.13. The van der Waals surface area contributed by atoms with Crippen molar-refractivity contribution in [2.45, 2.75) is 96.4 Å². The van der Waals surface area contributed by atoms with E-state index in [1.54, 1.807) is 45.0 Å². The fraction of sp³-hybridized carbons (Fsp3) is 0.395. The highest BCUT2D eigenvalue weighted by molar-refractivity contribution is 5.85. The summed E-state index contributed by atoms with van der Waals surface area (Å²) >= 11 is 0. The molecule has 2 amide bonds. The maximum Gasteiger partial charge on any atom is 0.408 e. The molecular formula is C38H47N3O9. The van der Waals surface area contributed by atoms with Gasteiger partial charge < -0.3 is 35.3 Å². The van der Waals surface area contributed by atoms with E-state index in [0.29, 0.717) is 0 Å². The van der Waals surface area contributed by atoms with Crippen molar-refractivity contribution in [1.82, 2.24) is 10.6 Å². The molecule has 0 fully saturated rings. The molecule has 0 saturated heterocycles. The Morgan fingerprint density at radius 1 is 0.600 bits per heavy atom. The summed E-state index contributed by atoms with van der Waals surface area (Å²) in [4.78, 5) is 64.2. The fourth-order valence-electron chi connectivity index (χ4n) is 4.64. The van der Waals surface area contributed by atoms with Gasteiger partial charge in [0.05, 0.1) is 0 Å². The lowest BCUT2D eigenvalue weighted by Crippen LogP contribution is -2.45. The Morgan fingerprint density at radius 3 is 1.42 bits per heavy atom. The first-order chi connectivity index (χ1) is 23.9. The quantitative estimate of drug-likeness (QED) is 0.124. The number of alkyl carbamates (subject to hydrolysis) is 1. The van der Waals surface area contributed by atoms with E-state index in [1.165, 1.54) is 0 Å². The second-order valence-electron chi connectivity index (χ2n) is 12.7. The number of esters is 3. The summed E-state index contributed by atoms with van der Waals surface area (Å²) in [6.07, 6.45) is -0.617. The zero-order chi connectivity index (χ0) is 36.4. The Balaban J connectivity index is 1.61. The predicted octanol–water partition coefficient (Wildman–Crippen LogP) is 4.87. The number of nitrogens with one attached hydrogen (secondary N) is 2. The monoisotopic (exact) mass is 689 g/mol. The highest BCUT2D eigenvalue weighted by Crippen LogP contribution is 2.13. The minimum Gasteiger partial charge on any atom is -0.460 e. The number of carbonyl (C=O) groups excluding carboxylic acids is 5. The number of nitrogens with two attached hydrogens (primary N) is 1.